The van der Waals surface area contributed by atoms with Crippen LogP contribution < -0.4 is 0 Å². The zero-order chi connectivity index (χ0) is 13.1. The van der Waals surface area contributed by atoms with Crippen molar-refractivity contribution in [2.45, 2.75) is 32.4 Å². The molecular formula is C13H18N2O3. The molecule has 1 fully saturated rings. The van der Waals surface area contributed by atoms with Gasteiger partial charge in [0, 0.05) is 24.2 Å². The molecule has 98 valence electrons. The Bertz CT molecular complexity index is 448. The average Bonchev–Trinajstić information content (AvgIpc) is 2.78. The van der Waals surface area contributed by atoms with E-state index in [1.807, 2.05) is 6.07 Å². The average molecular weight is 250 g/mol. The summed E-state index contributed by atoms with van der Waals surface area (Å²) < 4.78 is 0. The number of aliphatic hydroxyl groups is 1. The molecule has 0 saturated carbocycles. The quantitative estimate of drug-likeness (QED) is 0.654. The lowest BCUT2D eigenvalue weighted by Gasteiger charge is -2.23. The van der Waals surface area contributed by atoms with Gasteiger partial charge in [0.05, 0.1) is 11.5 Å². The van der Waals surface area contributed by atoms with E-state index in [0.29, 0.717) is 6.54 Å². The Morgan fingerprint density at radius 2 is 2.33 bits per heavy atom. The molecule has 0 radical (unpaired) electrons. The normalized spacial score (nSPS) is 20.2. The summed E-state index contributed by atoms with van der Waals surface area (Å²) in [6.45, 7) is 3.58. The van der Waals surface area contributed by atoms with Gasteiger partial charge in [0.1, 0.15) is 0 Å². The molecule has 2 rings (SSSR count). The third-order valence-electron chi connectivity index (χ3n) is 3.70. The van der Waals surface area contributed by atoms with Gasteiger partial charge in [-0.15, -0.1) is 0 Å². The van der Waals surface area contributed by atoms with Crippen LogP contribution in [0.1, 0.15) is 24.0 Å². The minimum atomic E-state index is -0.341. The maximum Gasteiger partial charge on any atom is 0.272 e. The van der Waals surface area contributed by atoms with Crippen molar-refractivity contribution in [3.63, 3.8) is 0 Å². The largest absolute Gasteiger partial charge is 0.395 e. The molecule has 5 nitrogen and oxygen atoms in total. The van der Waals surface area contributed by atoms with Gasteiger partial charge in [0.15, 0.2) is 0 Å². The Morgan fingerprint density at radius 1 is 1.56 bits per heavy atom. The minimum Gasteiger partial charge on any atom is -0.395 e. The molecule has 1 atom stereocenters. The van der Waals surface area contributed by atoms with Crippen LogP contribution in [-0.4, -0.2) is 34.1 Å². The van der Waals surface area contributed by atoms with Crippen molar-refractivity contribution in [3.05, 3.63) is 39.4 Å². The topological polar surface area (TPSA) is 66.6 Å². The van der Waals surface area contributed by atoms with Crippen molar-refractivity contribution in [3.8, 4) is 0 Å². The lowest BCUT2D eigenvalue weighted by Crippen LogP contribution is -2.31. The minimum absolute atomic E-state index is 0.161. The van der Waals surface area contributed by atoms with Crippen molar-refractivity contribution in [1.82, 2.24) is 4.90 Å². The Morgan fingerprint density at radius 3 is 3.00 bits per heavy atom. The Balaban J connectivity index is 2.19. The fourth-order valence-corrected chi connectivity index (χ4v) is 2.57. The molecule has 0 spiro atoms. The van der Waals surface area contributed by atoms with E-state index >= 15 is 0 Å². The predicted octanol–water partition coefficient (Wildman–Crippen LogP) is 1.86. The molecule has 1 aliphatic rings. The number of nitro benzene ring substituents is 1. The first-order valence-corrected chi connectivity index (χ1v) is 6.21. The number of benzene rings is 1. The Kier molecular flexibility index (Phi) is 3.93. The smallest absolute Gasteiger partial charge is 0.272 e. The highest BCUT2D eigenvalue weighted by Crippen LogP contribution is 2.25. The monoisotopic (exact) mass is 250 g/mol. The van der Waals surface area contributed by atoms with E-state index in [-0.39, 0.29) is 23.3 Å². The maximum atomic E-state index is 10.9. The molecule has 0 aliphatic carbocycles. The van der Waals surface area contributed by atoms with Crippen molar-refractivity contribution in [2.24, 2.45) is 0 Å². The van der Waals surface area contributed by atoms with E-state index in [1.54, 1.807) is 13.0 Å². The number of nitrogens with zero attached hydrogens (tertiary/aromatic N) is 2. The molecule has 1 aromatic carbocycles. The van der Waals surface area contributed by atoms with E-state index < -0.39 is 0 Å². The van der Waals surface area contributed by atoms with E-state index in [9.17, 15) is 15.2 Å². The highest BCUT2D eigenvalue weighted by Gasteiger charge is 2.25. The van der Waals surface area contributed by atoms with Gasteiger partial charge in [-0.3, -0.25) is 15.0 Å². The summed E-state index contributed by atoms with van der Waals surface area (Å²) in [6, 6.07) is 5.38. The third kappa shape index (κ3) is 2.52. The highest BCUT2D eigenvalue weighted by molar-refractivity contribution is 5.44. The van der Waals surface area contributed by atoms with Crippen LogP contribution in [0.5, 0.6) is 0 Å². The number of hydrogen-bond acceptors (Lipinski definition) is 4. The number of likely N-dealkylation sites (tertiary alicyclic amines) is 1. The second-order valence-electron chi connectivity index (χ2n) is 4.77. The van der Waals surface area contributed by atoms with Gasteiger partial charge in [-0.05, 0) is 31.9 Å². The summed E-state index contributed by atoms with van der Waals surface area (Å²) >= 11 is 0. The van der Waals surface area contributed by atoms with E-state index in [0.717, 1.165) is 30.5 Å². The van der Waals surface area contributed by atoms with Crippen molar-refractivity contribution in [1.29, 1.82) is 0 Å². The van der Waals surface area contributed by atoms with Crippen LogP contribution in [0, 0.1) is 17.0 Å². The van der Waals surface area contributed by atoms with Crippen molar-refractivity contribution < 1.29 is 10.0 Å². The van der Waals surface area contributed by atoms with Gasteiger partial charge >= 0.3 is 0 Å². The van der Waals surface area contributed by atoms with E-state index in [2.05, 4.69) is 4.90 Å². The third-order valence-corrected chi connectivity index (χ3v) is 3.70. The van der Waals surface area contributed by atoms with Crippen LogP contribution in [0.15, 0.2) is 18.2 Å². The fourth-order valence-electron chi connectivity index (χ4n) is 2.57. The van der Waals surface area contributed by atoms with Crippen molar-refractivity contribution >= 4 is 5.69 Å². The molecular weight excluding hydrogens is 232 g/mol. The van der Waals surface area contributed by atoms with Gasteiger partial charge in [0.25, 0.3) is 5.69 Å². The van der Waals surface area contributed by atoms with E-state index in [4.69, 9.17) is 0 Å². The van der Waals surface area contributed by atoms with Crippen LogP contribution in [0.2, 0.25) is 0 Å². The molecule has 5 heteroatoms. The molecule has 1 heterocycles. The van der Waals surface area contributed by atoms with Crippen molar-refractivity contribution in [2.75, 3.05) is 13.2 Å². The molecule has 1 aromatic rings. The summed E-state index contributed by atoms with van der Waals surface area (Å²) in [4.78, 5) is 12.7. The molecule has 1 aliphatic heterocycles. The summed E-state index contributed by atoms with van der Waals surface area (Å²) in [5, 5.41) is 20.2. The van der Waals surface area contributed by atoms with Crippen LogP contribution in [0.4, 0.5) is 5.69 Å². The number of hydrogen-bond donors (Lipinski definition) is 1. The second-order valence-corrected chi connectivity index (χ2v) is 4.77. The summed E-state index contributed by atoms with van der Waals surface area (Å²) in [5.74, 6) is 0. The Hall–Kier alpha value is -1.46. The first kappa shape index (κ1) is 13.0. The van der Waals surface area contributed by atoms with Crippen LogP contribution >= 0.6 is 0 Å². The zero-order valence-corrected chi connectivity index (χ0v) is 10.5. The molecule has 0 aromatic heterocycles. The SMILES string of the molecule is Cc1c(CN2CCC[C@@H]2CO)cccc1[N+](=O)[O-]. The van der Waals surface area contributed by atoms with Crippen LogP contribution in [-0.2, 0) is 6.54 Å². The van der Waals surface area contributed by atoms with Crippen LogP contribution in [0.25, 0.3) is 0 Å². The van der Waals surface area contributed by atoms with Crippen LogP contribution in [0.3, 0.4) is 0 Å². The fraction of sp³-hybridized carbons (Fsp3) is 0.538. The number of nitro groups is 1. The lowest BCUT2D eigenvalue weighted by molar-refractivity contribution is -0.385. The van der Waals surface area contributed by atoms with Gasteiger partial charge in [-0.2, -0.15) is 0 Å². The first-order chi connectivity index (χ1) is 8.63. The Labute approximate surface area is 106 Å². The van der Waals surface area contributed by atoms with Gasteiger partial charge in [0.2, 0.25) is 0 Å². The summed E-state index contributed by atoms with van der Waals surface area (Å²) in [7, 11) is 0. The van der Waals surface area contributed by atoms with E-state index in [1.165, 1.54) is 6.07 Å². The standard InChI is InChI=1S/C13H18N2O3/c1-10-11(4-2-6-13(10)15(17)18)8-14-7-3-5-12(14)9-16/h2,4,6,12,16H,3,5,7-9H2,1H3/t12-/m1/s1. The van der Waals surface area contributed by atoms with Gasteiger partial charge < -0.3 is 5.11 Å². The molecule has 0 unspecified atom stereocenters. The molecule has 1 N–H and O–H groups in total. The summed E-state index contributed by atoms with van der Waals surface area (Å²) in [6.07, 6.45) is 2.09. The highest BCUT2D eigenvalue weighted by atomic mass is 16.6. The van der Waals surface area contributed by atoms with Gasteiger partial charge in [-0.1, -0.05) is 12.1 Å². The predicted molar refractivity (Wildman–Crippen MR) is 68.4 cm³/mol. The lowest BCUT2D eigenvalue weighted by atomic mass is 10.1. The molecule has 0 amide bonds. The molecule has 0 bridgehead atoms. The maximum absolute atomic E-state index is 10.9. The molecule has 18 heavy (non-hydrogen) atoms. The number of rotatable bonds is 4. The molecule has 1 saturated heterocycles. The summed E-state index contributed by atoms with van der Waals surface area (Å²) in [5.41, 5.74) is 1.88. The zero-order valence-electron chi connectivity index (χ0n) is 10.5. The van der Waals surface area contributed by atoms with Gasteiger partial charge in [-0.25, -0.2) is 0 Å². The number of aliphatic hydroxyl groups excluding tert-OH is 1. The second kappa shape index (κ2) is 5.46. The first-order valence-electron chi connectivity index (χ1n) is 6.21.